The molecule has 0 aromatic rings. The van der Waals surface area contributed by atoms with Crippen LogP contribution < -0.4 is 0 Å². The SMILES string of the molecule is CC(=O)OCCC(C)(C)/C=C\CC(C)C. The molecule has 0 spiro atoms. The number of carbonyl (C=O) groups is 1. The lowest BCUT2D eigenvalue weighted by Crippen LogP contribution is -2.13. The molecule has 0 aromatic carbocycles. The Hall–Kier alpha value is -0.790. The summed E-state index contributed by atoms with van der Waals surface area (Å²) in [6.45, 7) is 10.7. The van der Waals surface area contributed by atoms with Crippen molar-refractivity contribution in [2.75, 3.05) is 6.61 Å². The van der Waals surface area contributed by atoms with Gasteiger partial charge >= 0.3 is 5.97 Å². The molecule has 0 unspecified atom stereocenters. The molecule has 0 atom stereocenters. The average molecular weight is 212 g/mol. The zero-order valence-corrected chi connectivity index (χ0v) is 10.7. The van der Waals surface area contributed by atoms with Crippen molar-refractivity contribution in [2.45, 2.75) is 47.5 Å². The van der Waals surface area contributed by atoms with Gasteiger partial charge < -0.3 is 4.74 Å². The van der Waals surface area contributed by atoms with Gasteiger partial charge in [0.2, 0.25) is 0 Å². The Morgan fingerprint density at radius 1 is 1.40 bits per heavy atom. The van der Waals surface area contributed by atoms with Crippen molar-refractivity contribution >= 4 is 5.97 Å². The Kier molecular flexibility index (Phi) is 6.30. The molecule has 0 aliphatic heterocycles. The lowest BCUT2D eigenvalue weighted by atomic mass is 9.88. The fourth-order valence-corrected chi connectivity index (χ4v) is 1.20. The number of ether oxygens (including phenoxy) is 1. The smallest absolute Gasteiger partial charge is 0.302 e. The van der Waals surface area contributed by atoms with Crippen LogP contribution >= 0.6 is 0 Å². The first-order valence-corrected chi connectivity index (χ1v) is 5.64. The van der Waals surface area contributed by atoms with Gasteiger partial charge in [0, 0.05) is 6.92 Å². The van der Waals surface area contributed by atoms with Crippen LogP contribution in [0.4, 0.5) is 0 Å². The first kappa shape index (κ1) is 14.2. The number of hydrogen-bond acceptors (Lipinski definition) is 2. The van der Waals surface area contributed by atoms with Gasteiger partial charge in [-0.2, -0.15) is 0 Å². The van der Waals surface area contributed by atoms with E-state index in [1.165, 1.54) is 6.92 Å². The Bertz CT molecular complexity index is 215. The van der Waals surface area contributed by atoms with Gasteiger partial charge in [0.05, 0.1) is 6.61 Å². The third kappa shape index (κ3) is 9.51. The van der Waals surface area contributed by atoms with Crippen LogP contribution in [-0.2, 0) is 9.53 Å². The molecule has 2 heteroatoms. The Morgan fingerprint density at radius 3 is 2.47 bits per heavy atom. The summed E-state index contributed by atoms with van der Waals surface area (Å²) in [5.41, 5.74) is 0.115. The van der Waals surface area contributed by atoms with Crippen molar-refractivity contribution in [1.82, 2.24) is 0 Å². The van der Waals surface area contributed by atoms with Crippen molar-refractivity contribution in [2.24, 2.45) is 11.3 Å². The van der Waals surface area contributed by atoms with Gasteiger partial charge in [0.15, 0.2) is 0 Å². The minimum Gasteiger partial charge on any atom is -0.466 e. The van der Waals surface area contributed by atoms with Gasteiger partial charge in [-0.3, -0.25) is 4.79 Å². The van der Waals surface area contributed by atoms with Gasteiger partial charge in [-0.05, 0) is 24.2 Å². The second-order valence-corrected chi connectivity index (χ2v) is 5.11. The van der Waals surface area contributed by atoms with Crippen molar-refractivity contribution in [3.63, 3.8) is 0 Å². The number of esters is 1. The molecule has 0 fully saturated rings. The minimum absolute atomic E-state index is 0.115. The highest BCUT2D eigenvalue weighted by molar-refractivity contribution is 5.65. The van der Waals surface area contributed by atoms with E-state index < -0.39 is 0 Å². The van der Waals surface area contributed by atoms with Gasteiger partial charge in [-0.25, -0.2) is 0 Å². The predicted octanol–water partition coefficient (Wildman–Crippen LogP) is 3.57. The largest absolute Gasteiger partial charge is 0.466 e. The lowest BCUT2D eigenvalue weighted by molar-refractivity contribution is -0.141. The molecular weight excluding hydrogens is 188 g/mol. The summed E-state index contributed by atoms with van der Waals surface area (Å²) in [7, 11) is 0. The van der Waals surface area contributed by atoms with Gasteiger partial charge in [0.25, 0.3) is 0 Å². The van der Waals surface area contributed by atoms with Crippen molar-refractivity contribution in [3.05, 3.63) is 12.2 Å². The minimum atomic E-state index is -0.197. The van der Waals surface area contributed by atoms with Crippen LogP contribution in [0.1, 0.15) is 47.5 Å². The van der Waals surface area contributed by atoms with Gasteiger partial charge in [-0.15, -0.1) is 0 Å². The Morgan fingerprint density at radius 2 is 2.00 bits per heavy atom. The fourth-order valence-electron chi connectivity index (χ4n) is 1.20. The molecule has 0 saturated heterocycles. The van der Waals surface area contributed by atoms with Crippen LogP contribution in [0.5, 0.6) is 0 Å². The van der Waals surface area contributed by atoms with Crippen molar-refractivity contribution < 1.29 is 9.53 Å². The molecule has 0 aliphatic rings. The number of allylic oxidation sites excluding steroid dienone is 2. The lowest BCUT2D eigenvalue weighted by Gasteiger charge is -2.19. The first-order valence-electron chi connectivity index (χ1n) is 5.64. The molecule has 0 radical (unpaired) electrons. The standard InChI is InChI=1S/C13H24O2/c1-11(2)7-6-8-13(4,5)9-10-15-12(3)14/h6,8,11H,7,9-10H2,1-5H3/b8-6-. The van der Waals surface area contributed by atoms with E-state index in [9.17, 15) is 4.79 Å². The molecule has 0 N–H and O–H groups in total. The first-order chi connectivity index (χ1) is 6.83. The molecular formula is C13H24O2. The maximum atomic E-state index is 10.6. The zero-order chi connectivity index (χ0) is 11.9. The van der Waals surface area contributed by atoms with Crippen LogP contribution in [0.2, 0.25) is 0 Å². The van der Waals surface area contributed by atoms with E-state index in [1.54, 1.807) is 0 Å². The highest BCUT2D eigenvalue weighted by Crippen LogP contribution is 2.22. The highest BCUT2D eigenvalue weighted by atomic mass is 16.5. The van der Waals surface area contributed by atoms with Gasteiger partial charge in [-0.1, -0.05) is 39.8 Å². The van der Waals surface area contributed by atoms with Gasteiger partial charge in [0.1, 0.15) is 0 Å². The van der Waals surface area contributed by atoms with Crippen LogP contribution in [-0.4, -0.2) is 12.6 Å². The monoisotopic (exact) mass is 212 g/mol. The summed E-state index contributed by atoms with van der Waals surface area (Å²) >= 11 is 0. The summed E-state index contributed by atoms with van der Waals surface area (Å²) in [5, 5.41) is 0. The molecule has 15 heavy (non-hydrogen) atoms. The third-order valence-corrected chi connectivity index (χ3v) is 2.23. The number of carbonyl (C=O) groups excluding carboxylic acids is 1. The van der Waals surface area contributed by atoms with E-state index >= 15 is 0 Å². The van der Waals surface area contributed by atoms with E-state index in [1.807, 2.05) is 0 Å². The Labute approximate surface area is 93.7 Å². The van der Waals surface area contributed by atoms with E-state index in [2.05, 4.69) is 39.8 Å². The Balaban J connectivity index is 3.85. The van der Waals surface area contributed by atoms with E-state index in [-0.39, 0.29) is 11.4 Å². The van der Waals surface area contributed by atoms with Crippen LogP contribution in [0.15, 0.2) is 12.2 Å². The van der Waals surface area contributed by atoms with Crippen LogP contribution in [0, 0.1) is 11.3 Å². The molecule has 0 bridgehead atoms. The topological polar surface area (TPSA) is 26.3 Å². The van der Waals surface area contributed by atoms with Crippen molar-refractivity contribution in [1.29, 1.82) is 0 Å². The van der Waals surface area contributed by atoms with E-state index in [0.717, 1.165) is 12.8 Å². The summed E-state index contributed by atoms with van der Waals surface area (Å²) in [6.07, 6.45) is 6.42. The van der Waals surface area contributed by atoms with Crippen LogP contribution in [0.25, 0.3) is 0 Å². The second-order valence-electron chi connectivity index (χ2n) is 5.11. The third-order valence-electron chi connectivity index (χ3n) is 2.23. The second kappa shape index (κ2) is 6.65. The molecule has 2 nitrogen and oxygen atoms in total. The summed E-state index contributed by atoms with van der Waals surface area (Å²) < 4.78 is 4.93. The number of rotatable bonds is 6. The summed E-state index contributed by atoms with van der Waals surface area (Å²) in [6, 6.07) is 0. The summed E-state index contributed by atoms with van der Waals surface area (Å²) in [4.78, 5) is 10.6. The highest BCUT2D eigenvalue weighted by Gasteiger charge is 2.13. The molecule has 0 saturated carbocycles. The maximum absolute atomic E-state index is 10.6. The van der Waals surface area contributed by atoms with Crippen LogP contribution in [0.3, 0.4) is 0 Å². The van der Waals surface area contributed by atoms with E-state index in [4.69, 9.17) is 4.74 Å². The van der Waals surface area contributed by atoms with E-state index in [0.29, 0.717) is 12.5 Å². The molecule has 0 aromatic heterocycles. The normalized spacial score (nSPS) is 12.4. The quantitative estimate of drug-likeness (QED) is 0.497. The summed E-state index contributed by atoms with van der Waals surface area (Å²) in [5.74, 6) is 0.502. The molecule has 0 amide bonds. The molecule has 0 heterocycles. The van der Waals surface area contributed by atoms with Crippen molar-refractivity contribution in [3.8, 4) is 0 Å². The average Bonchev–Trinajstić information content (AvgIpc) is 2.01. The molecule has 0 aliphatic carbocycles. The molecule has 0 rings (SSSR count). The maximum Gasteiger partial charge on any atom is 0.302 e. The number of hydrogen-bond donors (Lipinski definition) is 0. The predicted molar refractivity (Wildman–Crippen MR) is 63.6 cm³/mol. The zero-order valence-electron chi connectivity index (χ0n) is 10.7. The molecule has 88 valence electrons. The fraction of sp³-hybridized carbons (Fsp3) is 0.769.